The summed E-state index contributed by atoms with van der Waals surface area (Å²) in [4.78, 5) is 44.4. The average molecular weight is 507 g/mol. The molecule has 0 aromatic heterocycles. The second-order valence-corrected chi connectivity index (χ2v) is 10.3. The molecule has 0 saturated heterocycles. The van der Waals surface area contributed by atoms with Gasteiger partial charge in [0.2, 0.25) is 0 Å². The number of aliphatic hydroxyl groups is 1. The summed E-state index contributed by atoms with van der Waals surface area (Å²) < 4.78 is 15.1. The van der Waals surface area contributed by atoms with Gasteiger partial charge < -0.3 is 24.4 Å². The van der Waals surface area contributed by atoms with E-state index in [1.165, 1.54) is 6.92 Å². The van der Waals surface area contributed by atoms with E-state index in [0.717, 1.165) is 25.7 Å². The number of esters is 3. The van der Waals surface area contributed by atoms with Gasteiger partial charge in [0.15, 0.2) is 0 Å². The Morgan fingerprint density at radius 2 is 1.14 bits per heavy atom. The molecule has 0 aliphatic carbocycles. The van der Waals surface area contributed by atoms with Gasteiger partial charge in [0, 0.05) is 6.61 Å². The van der Waals surface area contributed by atoms with E-state index >= 15 is 0 Å². The van der Waals surface area contributed by atoms with Crippen molar-refractivity contribution in [3.8, 4) is 0 Å². The minimum Gasteiger partial charge on any atom is -0.481 e. The van der Waals surface area contributed by atoms with Crippen LogP contribution in [-0.2, 0) is 33.4 Å². The molecule has 0 aliphatic heterocycles. The fraction of sp³-hybridized carbons (Fsp3) is 0.846. The molecule has 0 bridgehead atoms. The van der Waals surface area contributed by atoms with E-state index in [0.29, 0.717) is 13.2 Å². The molecule has 0 aliphatic rings. The quantitative estimate of drug-likeness (QED) is 0.227. The Bertz CT molecular complexity index is 599. The van der Waals surface area contributed by atoms with Crippen molar-refractivity contribution in [1.82, 2.24) is 0 Å². The second-order valence-electron chi connectivity index (χ2n) is 10.3. The van der Waals surface area contributed by atoms with Crippen LogP contribution in [0.3, 0.4) is 0 Å². The summed E-state index contributed by atoms with van der Waals surface area (Å²) in [5.41, 5.74) is -1.06. The van der Waals surface area contributed by atoms with Gasteiger partial charge in [-0.3, -0.25) is 19.2 Å². The molecular formula is C26H50O9. The second kappa shape index (κ2) is 20.1. The lowest BCUT2D eigenvalue weighted by Crippen LogP contribution is -2.27. The van der Waals surface area contributed by atoms with Crippen molar-refractivity contribution in [2.75, 3.05) is 13.2 Å². The monoisotopic (exact) mass is 506 g/mol. The Balaban J connectivity index is -0.000000502. The lowest BCUT2D eigenvalue weighted by molar-refractivity contribution is -0.161. The summed E-state index contributed by atoms with van der Waals surface area (Å²) in [6, 6.07) is 0. The van der Waals surface area contributed by atoms with Crippen molar-refractivity contribution < 1.29 is 43.6 Å². The van der Waals surface area contributed by atoms with E-state index in [1.807, 2.05) is 6.92 Å². The van der Waals surface area contributed by atoms with Crippen LogP contribution in [0.15, 0.2) is 0 Å². The minimum absolute atomic E-state index is 0.0717. The molecular weight excluding hydrogens is 456 g/mol. The largest absolute Gasteiger partial charge is 0.481 e. The van der Waals surface area contributed by atoms with E-state index in [1.54, 1.807) is 48.5 Å². The van der Waals surface area contributed by atoms with Gasteiger partial charge in [-0.25, -0.2) is 0 Å². The first kappa shape index (κ1) is 37.4. The highest BCUT2D eigenvalue weighted by Gasteiger charge is 2.23. The molecule has 0 fully saturated rings. The first-order chi connectivity index (χ1) is 15.9. The molecule has 0 saturated carbocycles. The first-order valence-corrected chi connectivity index (χ1v) is 12.3. The molecule has 0 aromatic carbocycles. The number of carboxylic acids is 1. The molecule has 0 spiro atoms. The Morgan fingerprint density at radius 3 is 1.43 bits per heavy atom. The van der Waals surface area contributed by atoms with Crippen molar-refractivity contribution in [2.45, 2.75) is 119 Å². The molecule has 35 heavy (non-hydrogen) atoms. The standard InChI is InChI=1S/C13H24O4.C9H16O4.C4H10O/c1-6-7-8-16-12(15)10(2)9-11(14)17-13(3,4)5;1-6(8(11)12)5-7(10)13-9(2,3)4;1-2-3-4-5/h10H,6-9H2,1-5H3;6H,5H2,1-4H3,(H,11,12);5H,2-4H2,1H3/t10-;6-;/m11./s1. The van der Waals surface area contributed by atoms with Crippen LogP contribution in [0, 0.1) is 11.8 Å². The van der Waals surface area contributed by atoms with Gasteiger partial charge in [0.05, 0.1) is 31.3 Å². The topological polar surface area (TPSA) is 136 Å². The molecule has 9 heteroatoms. The lowest BCUT2D eigenvalue weighted by atomic mass is 10.1. The van der Waals surface area contributed by atoms with E-state index in [-0.39, 0.29) is 24.8 Å². The lowest BCUT2D eigenvalue weighted by Gasteiger charge is -2.20. The fourth-order valence-corrected chi connectivity index (χ4v) is 2.05. The maximum atomic E-state index is 11.5. The summed E-state index contributed by atoms with van der Waals surface area (Å²) in [7, 11) is 0. The highest BCUT2D eigenvalue weighted by molar-refractivity contribution is 5.80. The van der Waals surface area contributed by atoms with Gasteiger partial charge in [-0.05, 0) is 54.4 Å². The Hall–Kier alpha value is -2.16. The molecule has 2 N–H and O–H groups in total. The number of carbonyl (C=O) groups excluding carboxylic acids is 3. The molecule has 0 heterocycles. The van der Waals surface area contributed by atoms with Crippen molar-refractivity contribution in [1.29, 1.82) is 0 Å². The molecule has 0 amide bonds. The van der Waals surface area contributed by atoms with E-state index < -0.39 is 35.0 Å². The van der Waals surface area contributed by atoms with Crippen LogP contribution in [0.4, 0.5) is 0 Å². The Labute approximate surface area is 211 Å². The number of carboxylic acid groups (broad SMARTS) is 1. The normalized spacial score (nSPS) is 12.5. The number of rotatable bonds is 11. The number of hydrogen-bond acceptors (Lipinski definition) is 8. The Morgan fingerprint density at radius 1 is 0.743 bits per heavy atom. The van der Waals surface area contributed by atoms with Gasteiger partial charge in [-0.1, -0.05) is 40.5 Å². The predicted molar refractivity (Wildman–Crippen MR) is 135 cm³/mol. The maximum absolute atomic E-state index is 11.5. The number of unbranched alkanes of at least 4 members (excludes halogenated alkanes) is 2. The zero-order valence-corrected chi connectivity index (χ0v) is 23.6. The van der Waals surface area contributed by atoms with Gasteiger partial charge >= 0.3 is 23.9 Å². The SMILES string of the molecule is CCCCO.CCCCOC(=O)[C@H](C)CC(=O)OC(C)(C)C.C[C@H](CC(=O)OC(C)(C)C)C(=O)O. The fourth-order valence-electron chi connectivity index (χ4n) is 2.05. The van der Waals surface area contributed by atoms with Gasteiger partial charge in [0.25, 0.3) is 0 Å². The molecule has 208 valence electrons. The van der Waals surface area contributed by atoms with E-state index in [9.17, 15) is 19.2 Å². The smallest absolute Gasteiger partial charge is 0.309 e. The predicted octanol–water partition coefficient (Wildman–Crippen LogP) is 4.92. The van der Waals surface area contributed by atoms with Gasteiger partial charge in [-0.15, -0.1) is 0 Å². The molecule has 0 radical (unpaired) electrons. The van der Waals surface area contributed by atoms with Crippen LogP contribution in [0.2, 0.25) is 0 Å². The van der Waals surface area contributed by atoms with Crippen LogP contribution < -0.4 is 0 Å². The first-order valence-electron chi connectivity index (χ1n) is 12.3. The van der Waals surface area contributed by atoms with Crippen molar-refractivity contribution in [3.05, 3.63) is 0 Å². The molecule has 0 unspecified atom stereocenters. The Kier molecular flexibility index (Phi) is 21.4. The maximum Gasteiger partial charge on any atom is 0.309 e. The summed E-state index contributed by atoms with van der Waals surface area (Å²) in [5.74, 6) is -3.27. The molecule has 0 aromatic rings. The summed E-state index contributed by atoms with van der Waals surface area (Å²) in [6.07, 6.45) is 3.87. The highest BCUT2D eigenvalue weighted by atomic mass is 16.6. The zero-order valence-electron chi connectivity index (χ0n) is 23.6. The van der Waals surface area contributed by atoms with Crippen LogP contribution in [0.25, 0.3) is 0 Å². The number of aliphatic hydroxyl groups excluding tert-OH is 1. The van der Waals surface area contributed by atoms with Gasteiger partial charge in [-0.2, -0.15) is 0 Å². The van der Waals surface area contributed by atoms with Crippen molar-refractivity contribution in [2.24, 2.45) is 11.8 Å². The highest BCUT2D eigenvalue weighted by Crippen LogP contribution is 2.13. The average Bonchev–Trinajstić information content (AvgIpc) is 2.66. The number of carbonyl (C=O) groups is 4. The van der Waals surface area contributed by atoms with Crippen LogP contribution in [-0.4, -0.2) is 58.5 Å². The van der Waals surface area contributed by atoms with Crippen LogP contribution in [0.5, 0.6) is 0 Å². The summed E-state index contributed by atoms with van der Waals surface area (Å²) >= 11 is 0. The third-order valence-corrected chi connectivity index (χ3v) is 3.86. The number of aliphatic carboxylic acids is 1. The minimum atomic E-state index is -0.981. The van der Waals surface area contributed by atoms with Crippen LogP contribution in [0.1, 0.15) is 108 Å². The third kappa shape index (κ3) is 29.8. The van der Waals surface area contributed by atoms with Gasteiger partial charge in [0.1, 0.15) is 11.2 Å². The number of ether oxygens (including phenoxy) is 3. The molecule has 0 rings (SSSR count). The van der Waals surface area contributed by atoms with E-state index in [2.05, 4.69) is 6.92 Å². The van der Waals surface area contributed by atoms with Crippen molar-refractivity contribution in [3.63, 3.8) is 0 Å². The van der Waals surface area contributed by atoms with E-state index in [4.69, 9.17) is 24.4 Å². The molecule has 9 nitrogen and oxygen atoms in total. The number of hydrogen-bond donors (Lipinski definition) is 2. The summed E-state index contributed by atoms with van der Waals surface area (Å²) in [6.45, 7) is 18.6. The third-order valence-electron chi connectivity index (χ3n) is 3.86. The van der Waals surface area contributed by atoms with Crippen molar-refractivity contribution >= 4 is 23.9 Å². The molecule has 2 atom stereocenters. The van der Waals surface area contributed by atoms with Crippen LogP contribution >= 0.6 is 0 Å². The zero-order chi connectivity index (χ0) is 28.2. The summed E-state index contributed by atoms with van der Waals surface area (Å²) in [5, 5.41) is 16.6.